The first kappa shape index (κ1) is 19.4. The monoisotopic (exact) mass is 344 g/mol. The van der Waals surface area contributed by atoms with Crippen LogP contribution in [0.25, 0.3) is 12.2 Å². The molecular weight excluding hydrogens is 312 g/mol. The molecular formula is C20H32N4O. The Morgan fingerprint density at radius 3 is 2.68 bits per heavy atom. The van der Waals surface area contributed by atoms with E-state index in [1.54, 1.807) is 13.2 Å². The summed E-state index contributed by atoms with van der Waals surface area (Å²) in [6, 6.07) is 0. The van der Waals surface area contributed by atoms with Crippen LogP contribution in [0.2, 0.25) is 0 Å². The van der Waals surface area contributed by atoms with E-state index in [0.29, 0.717) is 19.1 Å². The number of allylic oxidation sites excluding steroid dienone is 1. The normalized spacial score (nSPS) is 16.9. The van der Waals surface area contributed by atoms with E-state index >= 15 is 0 Å². The molecule has 5 heteroatoms. The molecule has 138 valence electrons. The lowest BCUT2D eigenvalue weighted by atomic mass is 9.89. The first-order chi connectivity index (χ1) is 12.3. The molecule has 0 spiro atoms. The van der Waals surface area contributed by atoms with Gasteiger partial charge >= 0.3 is 0 Å². The zero-order chi connectivity index (χ0) is 17.9. The molecule has 1 fully saturated rings. The van der Waals surface area contributed by atoms with E-state index in [2.05, 4.69) is 30.2 Å². The highest BCUT2D eigenvalue weighted by Crippen LogP contribution is 2.23. The van der Waals surface area contributed by atoms with Gasteiger partial charge in [0.25, 0.3) is 0 Å². The van der Waals surface area contributed by atoms with Crippen molar-refractivity contribution in [2.75, 3.05) is 37.4 Å². The maximum absolute atomic E-state index is 5.14. The maximum atomic E-state index is 5.14. The first-order valence-electron chi connectivity index (χ1n) is 9.46. The smallest absolute Gasteiger partial charge is 0.225 e. The molecule has 0 unspecified atom stereocenters. The number of aromatic nitrogens is 2. The molecule has 1 aromatic rings. The van der Waals surface area contributed by atoms with Crippen LogP contribution in [0.15, 0.2) is 12.7 Å². The lowest BCUT2D eigenvalue weighted by Gasteiger charge is -2.21. The Balaban J connectivity index is 2.24. The molecule has 0 aromatic carbocycles. The Hall–Kier alpha value is -1.88. The average molecular weight is 345 g/mol. The number of methoxy groups -OCH3 is 1. The molecule has 2 N–H and O–H groups in total. The van der Waals surface area contributed by atoms with Crippen molar-refractivity contribution < 1.29 is 4.74 Å². The summed E-state index contributed by atoms with van der Waals surface area (Å²) in [5.41, 5.74) is 0. The van der Waals surface area contributed by atoms with Gasteiger partial charge in [0.1, 0.15) is 5.82 Å². The SMILES string of the molecule is C=C/C=c1/c(NCCOC)nc(NCC2CCCCC2)nc1=CCC. The van der Waals surface area contributed by atoms with Gasteiger partial charge in [-0.05, 0) is 31.3 Å². The van der Waals surface area contributed by atoms with Crippen LogP contribution in [0.3, 0.4) is 0 Å². The second-order valence-electron chi connectivity index (χ2n) is 6.51. The highest BCUT2D eigenvalue weighted by atomic mass is 16.5. The second kappa shape index (κ2) is 10.9. The Labute approximate surface area is 151 Å². The van der Waals surface area contributed by atoms with Crippen LogP contribution >= 0.6 is 0 Å². The third-order valence-electron chi connectivity index (χ3n) is 4.53. The number of rotatable bonds is 9. The van der Waals surface area contributed by atoms with Gasteiger partial charge in [-0.2, -0.15) is 4.98 Å². The zero-order valence-electron chi connectivity index (χ0n) is 15.7. The Kier molecular flexibility index (Phi) is 8.46. The lowest BCUT2D eigenvalue weighted by molar-refractivity contribution is 0.210. The summed E-state index contributed by atoms with van der Waals surface area (Å²) in [5, 5.41) is 8.75. The fourth-order valence-corrected chi connectivity index (χ4v) is 3.23. The Morgan fingerprint density at radius 1 is 1.20 bits per heavy atom. The molecule has 0 amide bonds. The van der Waals surface area contributed by atoms with E-state index in [1.807, 2.05) is 6.08 Å². The summed E-state index contributed by atoms with van der Waals surface area (Å²) in [5.74, 6) is 2.27. The van der Waals surface area contributed by atoms with E-state index < -0.39 is 0 Å². The summed E-state index contributed by atoms with van der Waals surface area (Å²) in [4.78, 5) is 9.43. The van der Waals surface area contributed by atoms with Gasteiger partial charge in [0.05, 0.1) is 12.0 Å². The van der Waals surface area contributed by atoms with Crippen LogP contribution in [-0.2, 0) is 4.74 Å². The van der Waals surface area contributed by atoms with Crippen molar-refractivity contribution in [2.24, 2.45) is 5.92 Å². The summed E-state index contributed by atoms with van der Waals surface area (Å²) >= 11 is 0. The molecule has 0 saturated heterocycles. The molecule has 0 radical (unpaired) electrons. The predicted molar refractivity (Wildman–Crippen MR) is 106 cm³/mol. The second-order valence-corrected chi connectivity index (χ2v) is 6.51. The average Bonchev–Trinajstić information content (AvgIpc) is 2.64. The molecule has 0 bridgehead atoms. The van der Waals surface area contributed by atoms with Gasteiger partial charge in [0.2, 0.25) is 5.95 Å². The van der Waals surface area contributed by atoms with Crippen molar-refractivity contribution in [1.82, 2.24) is 9.97 Å². The summed E-state index contributed by atoms with van der Waals surface area (Å²) in [6.45, 7) is 8.23. The number of hydrogen-bond acceptors (Lipinski definition) is 5. The summed E-state index contributed by atoms with van der Waals surface area (Å²) in [6.07, 6.45) is 13.5. The highest BCUT2D eigenvalue weighted by Gasteiger charge is 2.14. The Morgan fingerprint density at radius 2 is 2.00 bits per heavy atom. The molecule has 1 aliphatic rings. The molecule has 5 nitrogen and oxygen atoms in total. The van der Waals surface area contributed by atoms with Crippen molar-refractivity contribution in [2.45, 2.75) is 45.4 Å². The fraction of sp³-hybridized carbons (Fsp3) is 0.600. The minimum atomic E-state index is 0.634. The van der Waals surface area contributed by atoms with E-state index in [9.17, 15) is 0 Å². The number of nitrogens with zero attached hydrogens (tertiary/aromatic N) is 2. The number of ether oxygens (including phenoxy) is 1. The zero-order valence-corrected chi connectivity index (χ0v) is 15.7. The van der Waals surface area contributed by atoms with Gasteiger partial charge in [0.15, 0.2) is 0 Å². The van der Waals surface area contributed by atoms with Crippen LogP contribution in [0.5, 0.6) is 0 Å². The van der Waals surface area contributed by atoms with Crippen molar-refractivity contribution in [3.05, 3.63) is 23.2 Å². The molecule has 1 aliphatic carbocycles. The molecule has 1 saturated carbocycles. The minimum absolute atomic E-state index is 0.634. The van der Waals surface area contributed by atoms with Gasteiger partial charge in [0, 0.05) is 25.4 Å². The first-order valence-corrected chi connectivity index (χ1v) is 9.46. The van der Waals surface area contributed by atoms with Gasteiger partial charge in [-0.3, -0.25) is 0 Å². The summed E-state index contributed by atoms with van der Waals surface area (Å²) < 4.78 is 5.14. The lowest BCUT2D eigenvalue weighted by Crippen LogP contribution is -2.34. The highest BCUT2D eigenvalue weighted by molar-refractivity contribution is 5.51. The van der Waals surface area contributed by atoms with E-state index in [0.717, 1.165) is 35.3 Å². The van der Waals surface area contributed by atoms with E-state index in [-0.39, 0.29) is 0 Å². The topological polar surface area (TPSA) is 59.1 Å². The standard InChI is InChI=1S/C20H32N4O/c1-4-9-17-18(10-5-2)23-20(24-19(17)21-13-14-25-3)22-15-16-11-7-6-8-12-16/h4,9-10,16H,1,5-8,11-15H2,2-3H3,(H2,21,22,23,24)/b17-9+,18-10?. The van der Waals surface area contributed by atoms with Gasteiger partial charge in [-0.25, -0.2) is 4.98 Å². The van der Waals surface area contributed by atoms with Crippen LogP contribution in [0.1, 0.15) is 45.4 Å². The molecule has 1 aromatic heterocycles. The Bertz CT molecular complexity index is 650. The van der Waals surface area contributed by atoms with Crippen LogP contribution in [-0.4, -0.2) is 36.8 Å². The fourth-order valence-electron chi connectivity index (χ4n) is 3.23. The quantitative estimate of drug-likeness (QED) is 0.675. The van der Waals surface area contributed by atoms with Crippen molar-refractivity contribution in [3.8, 4) is 0 Å². The molecule has 0 aliphatic heterocycles. The van der Waals surface area contributed by atoms with E-state index in [4.69, 9.17) is 14.7 Å². The maximum Gasteiger partial charge on any atom is 0.225 e. The largest absolute Gasteiger partial charge is 0.383 e. The van der Waals surface area contributed by atoms with Crippen LogP contribution in [0, 0.1) is 5.92 Å². The van der Waals surface area contributed by atoms with Crippen LogP contribution < -0.4 is 21.2 Å². The number of hydrogen-bond donors (Lipinski definition) is 2. The van der Waals surface area contributed by atoms with Crippen LogP contribution in [0.4, 0.5) is 11.8 Å². The van der Waals surface area contributed by atoms with Gasteiger partial charge in [-0.1, -0.05) is 44.9 Å². The van der Waals surface area contributed by atoms with Gasteiger partial charge in [-0.15, -0.1) is 0 Å². The van der Waals surface area contributed by atoms with Crippen molar-refractivity contribution in [3.63, 3.8) is 0 Å². The molecule has 2 rings (SSSR count). The summed E-state index contributed by atoms with van der Waals surface area (Å²) in [7, 11) is 1.70. The molecule has 1 heterocycles. The molecule has 0 atom stereocenters. The third-order valence-corrected chi connectivity index (χ3v) is 4.53. The van der Waals surface area contributed by atoms with Gasteiger partial charge < -0.3 is 15.4 Å². The van der Waals surface area contributed by atoms with Crippen molar-refractivity contribution >= 4 is 23.9 Å². The minimum Gasteiger partial charge on any atom is -0.383 e. The predicted octanol–water partition coefficient (Wildman–Crippen LogP) is 2.68. The number of nitrogens with one attached hydrogen (secondary N) is 2. The molecule has 25 heavy (non-hydrogen) atoms. The number of anilines is 2. The van der Waals surface area contributed by atoms with E-state index in [1.165, 1.54) is 32.1 Å². The third kappa shape index (κ3) is 6.16. The van der Waals surface area contributed by atoms with Crippen molar-refractivity contribution in [1.29, 1.82) is 0 Å².